The second-order valence-electron chi connectivity index (χ2n) is 21.1. The van der Waals surface area contributed by atoms with Crippen LogP contribution in [0, 0.1) is 31.2 Å². The monoisotopic (exact) mass is 993 g/mol. The van der Waals surface area contributed by atoms with Crippen LogP contribution in [0.1, 0.15) is 110 Å². The van der Waals surface area contributed by atoms with Crippen LogP contribution in [0.15, 0.2) is 59.6 Å². The Balaban J connectivity index is 0.000000231. The number of thiazole rings is 2. The Morgan fingerprint density at radius 1 is 0.700 bits per heavy atom. The zero-order valence-corrected chi connectivity index (χ0v) is 43.3. The highest BCUT2D eigenvalue weighted by atomic mass is 32.1. The lowest BCUT2D eigenvalue weighted by Gasteiger charge is -2.35. The van der Waals surface area contributed by atoms with E-state index >= 15 is 0 Å². The van der Waals surface area contributed by atoms with Gasteiger partial charge in [-0.25, -0.2) is 16.5 Å². The first-order valence-corrected chi connectivity index (χ1v) is 25.7. The predicted octanol–water partition coefficient (Wildman–Crippen LogP) is 6.70. The number of rotatable bonds is 15. The van der Waals surface area contributed by atoms with Crippen LogP contribution in [0.3, 0.4) is 0 Å². The molecular weight excluding hydrogens is 927 g/mol. The van der Waals surface area contributed by atoms with Crippen LogP contribution in [0.5, 0.6) is 0 Å². The number of aromatic nitrogens is 2. The Morgan fingerprint density at radius 2 is 1.09 bits per heavy atom. The molecule has 4 amide bonds. The Bertz CT molecular complexity index is 2580. The number of nitrogens with one attached hydrogen (secondary N) is 2. The first-order chi connectivity index (χ1) is 32.9. The number of hydrogen-bond donors (Lipinski definition) is 4. The van der Waals surface area contributed by atoms with Crippen molar-refractivity contribution in [3.8, 4) is 20.9 Å². The average Bonchev–Trinajstić information content (AvgIpc) is 3.61. The van der Waals surface area contributed by atoms with Crippen molar-refractivity contribution in [2.75, 3.05) is 13.1 Å². The molecule has 1 saturated carbocycles. The third kappa shape index (κ3) is 13.0. The van der Waals surface area contributed by atoms with Gasteiger partial charge in [0.05, 0.1) is 56.5 Å². The number of aliphatic hydroxyl groups is 2. The lowest BCUT2D eigenvalue weighted by molar-refractivity contribution is -0.143. The molecule has 4 heterocycles. The minimum atomic E-state index is -1.07. The van der Waals surface area contributed by atoms with Gasteiger partial charge in [-0.05, 0) is 59.8 Å². The van der Waals surface area contributed by atoms with Gasteiger partial charge in [-0.15, -0.1) is 22.7 Å². The zero-order valence-electron chi connectivity index (χ0n) is 41.7. The molecule has 4 aromatic rings. The van der Waals surface area contributed by atoms with Crippen LogP contribution in [-0.2, 0) is 41.6 Å². The molecule has 3 aliphatic rings. The molecule has 2 aliphatic heterocycles. The molecule has 3 fully saturated rings. The summed E-state index contributed by atoms with van der Waals surface area (Å²) in [5.41, 5.74) is 7.66. The molecule has 70 heavy (non-hydrogen) atoms. The van der Waals surface area contributed by atoms with Crippen molar-refractivity contribution in [2.45, 2.75) is 156 Å². The highest BCUT2D eigenvalue weighted by Crippen LogP contribution is 2.41. The molecule has 6 atom stereocenters. The molecule has 15 nitrogen and oxygen atoms in total. The Kier molecular flexibility index (Phi) is 17.0. The summed E-state index contributed by atoms with van der Waals surface area (Å²) in [6.45, 7) is 24.0. The molecule has 1 aliphatic carbocycles. The molecule has 4 N–H and O–H groups in total. The van der Waals surface area contributed by atoms with Gasteiger partial charge in [0.15, 0.2) is 11.6 Å². The van der Waals surface area contributed by atoms with Gasteiger partial charge >= 0.3 is 11.4 Å². The quantitative estimate of drug-likeness (QED) is 0.0929. The largest absolute Gasteiger partial charge is 0.391 e. The second kappa shape index (κ2) is 22.2. The van der Waals surface area contributed by atoms with E-state index in [0.29, 0.717) is 25.7 Å². The van der Waals surface area contributed by atoms with Crippen LogP contribution in [0.25, 0.3) is 25.7 Å². The van der Waals surface area contributed by atoms with Crippen molar-refractivity contribution in [2.24, 2.45) is 10.8 Å². The summed E-state index contributed by atoms with van der Waals surface area (Å²) < 4.78 is 0. The van der Waals surface area contributed by atoms with Gasteiger partial charge in [0.25, 0.3) is 0 Å². The molecule has 2 aromatic heterocycles. The zero-order chi connectivity index (χ0) is 51.3. The number of benzene rings is 2. The smallest absolute Gasteiger partial charge is 0.309 e. The molecule has 0 bridgehead atoms. The van der Waals surface area contributed by atoms with E-state index in [1.54, 1.807) is 22.7 Å². The van der Waals surface area contributed by atoms with E-state index in [4.69, 9.17) is 6.57 Å². The van der Waals surface area contributed by atoms with Gasteiger partial charge in [-0.2, -0.15) is 0 Å². The van der Waals surface area contributed by atoms with Gasteiger partial charge in [0, 0.05) is 58.5 Å². The first kappa shape index (κ1) is 53.7. The van der Waals surface area contributed by atoms with Crippen molar-refractivity contribution in [3.63, 3.8) is 0 Å². The van der Waals surface area contributed by atoms with Crippen molar-refractivity contribution < 1.29 is 39.0 Å². The van der Waals surface area contributed by atoms with Crippen LogP contribution in [0.2, 0.25) is 0 Å². The number of hydrogen-bond acceptors (Lipinski definition) is 12. The van der Waals surface area contributed by atoms with Crippen molar-refractivity contribution in [3.05, 3.63) is 93.5 Å². The minimum absolute atomic E-state index is 0.0501. The van der Waals surface area contributed by atoms with Crippen molar-refractivity contribution in [1.29, 1.82) is 0 Å². The highest BCUT2D eigenvalue weighted by Gasteiger charge is 2.60. The number of aryl methyl sites for hydroxylation is 4. The van der Waals surface area contributed by atoms with Crippen molar-refractivity contribution >= 4 is 57.9 Å². The number of nitrogens with zero attached hydrogens (tertiary/aromatic N) is 5. The molecule has 0 radical (unpaired) electrons. The third-order valence-electron chi connectivity index (χ3n) is 13.3. The number of aliphatic hydroxyl groups excluding tert-OH is 2. The van der Waals surface area contributed by atoms with Crippen LogP contribution in [0.4, 0.5) is 0 Å². The summed E-state index contributed by atoms with van der Waals surface area (Å²) in [6, 6.07) is 13.1. The summed E-state index contributed by atoms with van der Waals surface area (Å²) in [7, 11) is 0. The number of amides is 4. The van der Waals surface area contributed by atoms with E-state index < -0.39 is 58.7 Å². The Labute approximate surface area is 419 Å². The molecule has 2 aromatic carbocycles. The standard InChI is InChI=1S/C28H34N4O4S.C25H33N3O4S/c1-17-23(37-16-30-17)19-9-6-18(7-10-19)8-11-22(34)21-14-20(33)15-32(21)25(35)24(27(2,3)4)31-26(36)28(29-5)12-13-28;1-15-22(33-14-26-15)18-9-6-17(7-10-18)8-11-21(31)20-12-19(30)13-28(20)24(32)23(25(3,4)5)27-16(2)29/h6-7,9-10,16,20-21,24,33H,8,11-15H2,1-4H3,(H,31,36);6-7,9-10,14,19-20,23,30H,8,11-13H2,1-5H3,(H,27,29)/t20-,21+,24-;19-,20+,23-/m11/s1. The molecule has 0 spiro atoms. The van der Waals surface area contributed by atoms with Gasteiger partial charge in [-0.1, -0.05) is 90.1 Å². The normalized spacial score (nSPS) is 20.4. The van der Waals surface area contributed by atoms with Crippen LogP contribution < -0.4 is 10.6 Å². The summed E-state index contributed by atoms with van der Waals surface area (Å²) in [5.74, 6) is -1.63. The van der Waals surface area contributed by atoms with Gasteiger partial charge in [-0.3, -0.25) is 33.6 Å². The maximum Gasteiger partial charge on any atom is 0.309 e. The first-order valence-electron chi connectivity index (χ1n) is 23.9. The number of carbonyl (C=O) groups is 6. The maximum absolute atomic E-state index is 13.6. The van der Waals surface area contributed by atoms with Crippen LogP contribution in [-0.4, -0.2) is 120 Å². The SMILES string of the molecule is CC(=O)N[C@H](C(=O)N1C[C@H](O)C[C@H]1C(=O)CCc1ccc(-c2scnc2C)cc1)C(C)(C)C.[C-]#[N+]C1(C(=O)N[C@H](C(=O)N2C[C@H](O)C[C@H]2C(=O)CCc2ccc(-c3scnc3C)cc2)C(C)(C)C)CC1. The number of Topliss-reactive ketones (excluding diaryl/α,β-unsaturated/α-hetero) is 2. The Hall–Kier alpha value is -5.67. The molecule has 0 unspecified atom stereocenters. The molecule has 17 heteroatoms. The van der Waals surface area contributed by atoms with E-state index in [-0.39, 0.29) is 68.1 Å². The van der Waals surface area contributed by atoms with E-state index in [1.807, 2.05) is 115 Å². The minimum Gasteiger partial charge on any atom is -0.391 e. The fraction of sp³-hybridized carbons (Fsp3) is 0.528. The van der Waals surface area contributed by atoms with Gasteiger partial charge in [0.2, 0.25) is 17.7 Å². The van der Waals surface area contributed by atoms with Crippen molar-refractivity contribution in [1.82, 2.24) is 30.4 Å². The number of β-amino-alcohol motifs (C(OH)–C–C–N with tert-alkyl or cyclic N) is 2. The Morgan fingerprint density at radius 3 is 1.40 bits per heavy atom. The molecule has 7 rings (SSSR count). The number of carbonyl (C=O) groups excluding carboxylic acids is 6. The maximum atomic E-state index is 13.6. The summed E-state index contributed by atoms with van der Waals surface area (Å²) in [5, 5.41) is 26.1. The third-order valence-corrected chi connectivity index (χ3v) is 15.3. The van der Waals surface area contributed by atoms with E-state index in [0.717, 1.165) is 43.4 Å². The lowest BCUT2D eigenvalue weighted by Crippen LogP contribution is -2.58. The number of likely N-dealkylation sites (tertiary alicyclic amines) is 2. The second-order valence-corrected chi connectivity index (χ2v) is 22.8. The average molecular weight is 994 g/mol. The summed E-state index contributed by atoms with van der Waals surface area (Å²) >= 11 is 3.19. The topological polar surface area (TPSA) is 204 Å². The lowest BCUT2D eigenvalue weighted by atomic mass is 9.85. The summed E-state index contributed by atoms with van der Waals surface area (Å²) in [6.07, 6.45) is 1.46. The van der Waals surface area contributed by atoms with E-state index in [1.165, 1.54) is 16.7 Å². The predicted molar refractivity (Wildman–Crippen MR) is 270 cm³/mol. The molecule has 2 saturated heterocycles. The highest BCUT2D eigenvalue weighted by molar-refractivity contribution is 7.13. The van der Waals surface area contributed by atoms with Crippen LogP contribution >= 0.6 is 22.7 Å². The van der Waals surface area contributed by atoms with E-state index in [2.05, 4.69) is 25.4 Å². The molecular formula is C53H67N7O8S2. The van der Waals surface area contributed by atoms with E-state index in [9.17, 15) is 39.0 Å². The molecule has 374 valence electrons. The summed E-state index contributed by atoms with van der Waals surface area (Å²) in [4.78, 5) is 94.9. The van der Waals surface area contributed by atoms with Gasteiger partial charge in [0.1, 0.15) is 12.1 Å². The fourth-order valence-corrected chi connectivity index (χ4v) is 10.6. The fourth-order valence-electron chi connectivity index (χ4n) is 9.00. The van der Waals surface area contributed by atoms with Gasteiger partial charge < -0.3 is 30.6 Å². The number of ketones is 2.